The van der Waals surface area contributed by atoms with Crippen LogP contribution in [0.3, 0.4) is 0 Å². The molecule has 1 N–H and O–H groups in total. The number of ketones is 1. The van der Waals surface area contributed by atoms with Crippen molar-refractivity contribution in [3.63, 3.8) is 0 Å². The van der Waals surface area contributed by atoms with Crippen LogP contribution in [-0.2, 0) is 0 Å². The number of anilines is 1. The third-order valence-electron chi connectivity index (χ3n) is 4.92. The molecule has 0 aromatic heterocycles. The molecule has 3 aromatic rings. The number of nitro benzene ring substituents is 1. The quantitative estimate of drug-likeness (QED) is 0.458. The smallest absolute Gasteiger partial charge is 0.269 e. The predicted molar refractivity (Wildman–Crippen MR) is 111 cm³/mol. The van der Waals surface area contributed by atoms with Crippen LogP contribution < -0.4 is 10.1 Å². The van der Waals surface area contributed by atoms with Gasteiger partial charge in [-0.2, -0.15) is 0 Å². The molecule has 3 aromatic carbocycles. The summed E-state index contributed by atoms with van der Waals surface area (Å²) in [7, 11) is 0. The fourth-order valence-corrected chi connectivity index (χ4v) is 3.63. The highest BCUT2D eigenvalue weighted by Crippen LogP contribution is 2.37. The number of Topliss-reactive ketones (excluding diaryl/α,β-unsaturated/α-hetero) is 1. The summed E-state index contributed by atoms with van der Waals surface area (Å²) in [4.78, 5) is 23.7. The van der Waals surface area contributed by atoms with Crippen molar-refractivity contribution in [3.05, 3.63) is 99.1 Å². The second-order valence-electron chi connectivity index (χ2n) is 6.76. The Morgan fingerprint density at radius 1 is 1.07 bits per heavy atom. The van der Waals surface area contributed by atoms with Crippen molar-refractivity contribution in [3.8, 4) is 5.75 Å². The first-order chi connectivity index (χ1) is 14.0. The predicted octanol–water partition coefficient (Wildman–Crippen LogP) is 5.29. The molecule has 1 heterocycles. The molecule has 1 aliphatic heterocycles. The fraction of sp³-hybridized carbons (Fsp3) is 0.136. The van der Waals surface area contributed by atoms with Gasteiger partial charge in [0.05, 0.1) is 22.4 Å². The van der Waals surface area contributed by atoms with Gasteiger partial charge in [-0.1, -0.05) is 41.9 Å². The highest BCUT2D eigenvalue weighted by molar-refractivity contribution is 6.31. The maximum Gasteiger partial charge on any atom is 0.269 e. The van der Waals surface area contributed by atoms with E-state index in [0.29, 0.717) is 22.0 Å². The number of ether oxygens (including phenoxy) is 1. The van der Waals surface area contributed by atoms with E-state index >= 15 is 0 Å². The Morgan fingerprint density at radius 2 is 1.79 bits per heavy atom. The zero-order valence-corrected chi connectivity index (χ0v) is 16.0. The normalized spacial score (nSPS) is 16.4. The molecule has 0 aliphatic carbocycles. The molecule has 6 nitrogen and oxygen atoms in total. The topological polar surface area (TPSA) is 81.5 Å². The largest absolute Gasteiger partial charge is 0.492 e. The maximum atomic E-state index is 13.2. The van der Waals surface area contributed by atoms with Gasteiger partial charge in [0.2, 0.25) is 0 Å². The van der Waals surface area contributed by atoms with E-state index in [9.17, 15) is 14.9 Å². The van der Waals surface area contributed by atoms with Crippen molar-refractivity contribution in [2.24, 2.45) is 5.92 Å². The number of hydrogen-bond donors (Lipinski definition) is 1. The van der Waals surface area contributed by atoms with E-state index in [0.717, 1.165) is 5.56 Å². The van der Waals surface area contributed by atoms with E-state index in [4.69, 9.17) is 16.3 Å². The Kier molecular flexibility index (Phi) is 5.18. The molecule has 2 atom stereocenters. The van der Waals surface area contributed by atoms with E-state index in [1.807, 2.05) is 30.3 Å². The number of halogens is 1. The Hall–Kier alpha value is -3.38. The molecule has 0 radical (unpaired) electrons. The lowest BCUT2D eigenvalue weighted by molar-refractivity contribution is -0.384. The van der Waals surface area contributed by atoms with Gasteiger partial charge in [0.15, 0.2) is 5.78 Å². The van der Waals surface area contributed by atoms with Crippen LogP contribution in [0, 0.1) is 16.0 Å². The van der Waals surface area contributed by atoms with E-state index in [1.165, 1.54) is 12.1 Å². The number of non-ortho nitro benzene ring substituents is 1. The SMILES string of the molecule is O=C1c2cc(Cl)ccc2OC[C@@H]1[C@@H](Nc1ccc([N+](=O)[O-])cc1)c1ccccc1. The first-order valence-electron chi connectivity index (χ1n) is 9.05. The van der Waals surface area contributed by atoms with Crippen molar-refractivity contribution in [2.75, 3.05) is 11.9 Å². The number of carbonyl (C=O) groups excluding carboxylic acids is 1. The zero-order valence-electron chi connectivity index (χ0n) is 15.2. The summed E-state index contributed by atoms with van der Waals surface area (Å²) in [6.45, 7) is 0.215. The van der Waals surface area contributed by atoms with Gasteiger partial charge in [-0.25, -0.2) is 0 Å². The van der Waals surface area contributed by atoms with Gasteiger partial charge in [0.1, 0.15) is 12.4 Å². The number of carbonyl (C=O) groups is 1. The molecule has 1 aliphatic rings. The molecule has 4 rings (SSSR count). The molecule has 0 fully saturated rings. The standard InChI is InChI=1S/C22H17ClN2O4/c23-15-6-11-20-18(12-15)22(26)19(13-29-20)21(14-4-2-1-3-5-14)24-16-7-9-17(10-8-16)25(27)28/h1-12,19,21,24H,13H2/t19-,21+/m1/s1. The first-order valence-corrected chi connectivity index (χ1v) is 9.43. The van der Waals surface area contributed by atoms with Crippen LogP contribution in [-0.4, -0.2) is 17.3 Å². The minimum atomic E-state index is -0.487. The molecule has 7 heteroatoms. The minimum Gasteiger partial charge on any atom is -0.492 e. The molecule has 0 bridgehead atoms. The van der Waals surface area contributed by atoms with Gasteiger partial charge in [-0.3, -0.25) is 14.9 Å². The molecular formula is C22H17ClN2O4. The van der Waals surface area contributed by atoms with Gasteiger partial charge in [-0.05, 0) is 35.9 Å². The van der Waals surface area contributed by atoms with Gasteiger partial charge in [0.25, 0.3) is 5.69 Å². The van der Waals surface area contributed by atoms with Crippen molar-refractivity contribution >= 4 is 28.8 Å². The third kappa shape index (κ3) is 3.93. The lowest BCUT2D eigenvalue weighted by Crippen LogP contribution is -2.36. The van der Waals surface area contributed by atoms with Crippen LogP contribution in [0.2, 0.25) is 5.02 Å². The summed E-state index contributed by atoms with van der Waals surface area (Å²) in [5, 5.41) is 14.7. The van der Waals surface area contributed by atoms with Crippen LogP contribution in [0.4, 0.5) is 11.4 Å². The number of hydrogen-bond acceptors (Lipinski definition) is 5. The fourth-order valence-electron chi connectivity index (χ4n) is 3.46. The van der Waals surface area contributed by atoms with Crippen molar-refractivity contribution in [2.45, 2.75) is 6.04 Å². The minimum absolute atomic E-state index is 0.00690. The van der Waals surface area contributed by atoms with Gasteiger partial charge < -0.3 is 10.1 Å². The number of rotatable bonds is 5. The van der Waals surface area contributed by atoms with Crippen molar-refractivity contribution < 1.29 is 14.5 Å². The highest BCUT2D eigenvalue weighted by Gasteiger charge is 2.36. The van der Waals surface area contributed by atoms with E-state index in [-0.39, 0.29) is 24.1 Å². The summed E-state index contributed by atoms with van der Waals surface area (Å²) < 4.78 is 5.84. The highest BCUT2D eigenvalue weighted by atomic mass is 35.5. The summed E-state index contributed by atoms with van der Waals surface area (Å²) in [6.07, 6.45) is 0. The maximum absolute atomic E-state index is 13.2. The summed E-state index contributed by atoms with van der Waals surface area (Å²) in [5.41, 5.74) is 2.06. The van der Waals surface area contributed by atoms with E-state index in [1.54, 1.807) is 30.3 Å². The Morgan fingerprint density at radius 3 is 2.48 bits per heavy atom. The molecular weight excluding hydrogens is 392 g/mol. The van der Waals surface area contributed by atoms with Crippen LogP contribution in [0.1, 0.15) is 22.0 Å². The molecule has 146 valence electrons. The van der Waals surface area contributed by atoms with Crippen LogP contribution in [0.15, 0.2) is 72.8 Å². The number of nitrogens with zero attached hydrogens (tertiary/aromatic N) is 1. The Labute approximate surface area is 172 Å². The molecule has 0 saturated heterocycles. The van der Waals surface area contributed by atoms with Crippen LogP contribution in [0.25, 0.3) is 0 Å². The lowest BCUT2D eigenvalue weighted by atomic mass is 9.85. The lowest BCUT2D eigenvalue weighted by Gasteiger charge is -2.32. The van der Waals surface area contributed by atoms with E-state index < -0.39 is 10.8 Å². The molecule has 0 unspecified atom stereocenters. The average Bonchev–Trinajstić information content (AvgIpc) is 2.74. The first kappa shape index (κ1) is 19.0. The number of benzene rings is 3. The second kappa shape index (κ2) is 7.93. The van der Waals surface area contributed by atoms with Crippen LogP contribution in [0.5, 0.6) is 5.75 Å². The molecule has 29 heavy (non-hydrogen) atoms. The van der Waals surface area contributed by atoms with Crippen molar-refractivity contribution in [1.29, 1.82) is 0 Å². The van der Waals surface area contributed by atoms with Gasteiger partial charge >= 0.3 is 0 Å². The molecule has 0 amide bonds. The number of nitro groups is 1. The summed E-state index contributed by atoms with van der Waals surface area (Å²) in [5.74, 6) is -0.0200. The monoisotopic (exact) mass is 408 g/mol. The van der Waals surface area contributed by atoms with Crippen LogP contribution >= 0.6 is 11.6 Å². The van der Waals surface area contributed by atoms with E-state index in [2.05, 4.69) is 5.32 Å². The zero-order chi connectivity index (χ0) is 20.4. The summed E-state index contributed by atoms with van der Waals surface area (Å²) in [6, 6.07) is 20.3. The Bertz CT molecular complexity index is 1050. The van der Waals surface area contributed by atoms with Gasteiger partial charge in [-0.15, -0.1) is 0 Å². The van der Waals surface area contributed by atoms with Crippen molar-refractivity contribution in [1.82, 2.24) is 0 Å². The number of fused-ring (bicyclic) bond motifs is 1. The number of nitrogens with one attached hydrogen (secondary N) is 1. The second-order valence-corrected chi connectivity index (χ2v) is 7.20. The average molecular weight is 409 g/mol. The summed E-state index contributed by atoms with van der Waals surface area (Å²) >= 11 is 6.08. The molecule has 0 spiro atoms. The van der Waals surface area contributed by atoms with Gasteiger partial charge in [0, 0.05) is 22.8 Å². The molecule has 0 saturated carbocycles. The third-order valence-corrected chi connectivity index (χ3v) is 5.16. The Balaban J connectivity index is 1.68.